The molecule has 5 rings (SSSR count). The van der Waals surface area contributed by atoms with E-state index in [1.165, 1.54) is 0 Å². The van der Waals surface area contributed by atoms with Crippen molar-refractivity contribution in [2.45, 2.75) is 26.4 Å². The van der Waals surface area contributed by atoms with Gasteiger partial charge in [-0.05, 0) is 61.4 Å². The van der Waals surface area contributed by atoms with E-state index in [0.29, 0.717) is 13.0 Å². The fourth-order valence-corrected chi connectivity index (χ4v) is 3.96. The fraction of sp³-hybridized carbons (Fsp3) is 0.261. The maximum absolute atomic E-state index is 11.6. The fourth-order valence-electron chi connectivity index (χ4n) is 3.96. The molecule has 1 N–H and O–H groups in total. The molecule has 4 aromatic rings. The number of aryl methyl sites for hydroxylation is 1. The van der Waals surface area contributed by atoms with Gasteiger partial charge in [-0.25, -0.2) is 4.98 Å². The molecule has 1 amide bonds. The average Bonchev–Trinajstić information content (AvgIpc) is 3.31. The molecule has 0 radical (unpaired) electrons. The number of ether oxygens (including phenoxy) is 1. The van der Waals surface area contributed by atoms with E-state index in [1.807, 2.05) is 42.6 Å². The van der Waals surface area contributed by atoms with E-state index in [1.54, 1.807) is 6.20 Å². The Labute approximate surface area is 168 Å². The second-order valence-electron chi connectivity index (χ2n) is 7.70. The molecule has 1 aliphatic rings. The van der Waals surface area contributed by atoms with Crippen molar-refractivity contribution in [2.75, 3.05) is 6.54 Å². The van der Waals surface area contributed by atoms with E-state index in [-0.39, 0.29) is 17.9 Å². The van der Waals surface area contributed by atoms with Crippen molar-refractivity contribution in [3.05, 3.63) is 60.7 Å². The third-order valence-electron chi connectivity index (χ3n) is 5.57. The summed E-state index contributed by atoms with van der Waals surface area (Å²) < 4.78 is 8.40. The molecular formula is C23H22N4O2. The highest BCUT2D eigenvalue weighted by Crippen LogP contribution is 2.33. The van der Waals surface area contributed by atoms with Crippen LogP contribution in [0.4, 0.5) is 0 Å². The van der Waals surface area contributed by atoms with Crippen LogP contribution in [-0.2, 0) is 4.79 Å². The van der Waals surface area contributed by atoms with Crippen molar-refractivity contribution in [1.29, 1.82) is 0 Å². The quantitative estimate of drug-likeness (QED) is 0.580. The molecule has 6 heteroatoms. The molecule has 6 nitrogen and oxygen atoms in total. The summed E-state index contributed by atoms with van der Waals surface area (Å²) in [5, 5.41) is 3.86. The van der Waals surface area contributed by atoms with Gasteiger partial charge in [0.15, 0.2) is 0 Å². The van der Waals surface area contributed by atoms with Gasteiger partial charge in [0, 0.05) is 42.9 Å². The van der Waals surface area contributed by atoms with Crippen LogP contribution < -0.4 is 10.1 Å². The lowest BCUT2D eigenvalue weighted by atomic mass is 10.0. The predicted octanol–water partition coefficient (Wildman–Crippen LogP) is 3.76. The summed E-state index contributed by atoms with van der Waals surface area (Å²) in [6.45, 7) is 4.68. The molecule has 1 aliphatic heterocycles. The number of carbonyl (C=O) groups is 1. The zero-order valence-electron chi connectivity index (χ0n) is 16.4. The molecule has 4 heterocycles. The second kappa shape index (κ2) is 6.88. The highest BCUT2D eigenvalue weighted by molar-refractivity contribution is 5.90. The van der Waals surface area contributed by atoms with Crippen LogP contribution >= 0.6 is 0 Å². The number of imidazole rings is 1. The summed E-state index contributed by atoms with van der Waals surface area (Å²) in [5.41, 5.74) is 4.90. The lowest BCUT2D eigenvalue weighted by molar-refractivity contribution is -0.119. The summed E-state index contributed by atoms with van der Waals surface area (Å²) in [6.07, 6.45) is 6.31. The number of nitrogens with one attached hydrogen (secondary N) is 1. The number of benzene rings is 1. The summed E-state index contributed by atoms with van der Waals surface area (Å²) in [5.74, 6) is 1.05. The SMILES string of the molecule is Cc1cn2cc(-c3cc(OC(C)C4CNC(=O)C4)c4cccnc4c3)ccc2n1. The number of nitrogens with zero attached hydrogens (tertiary/aromatic N) is 3. The Hall–Kier alpha value is -3.41. The van der Waals surface area contributed by atoms with E-state index in [4.69, 9.17) is 4.74 Å². The first kappa shape index (κ1) is 17.7. The largest absolute Gasteiger partial charge is 0.490 e. The smallest absolute Gasteiger partial charge is 0.220 e. The maximum Gasteiger partial charge on any atom is 0.220 e. The minimum absolute atomic E-state index is 0.0774. The minimum atomic E-state index is -0.0774. The van der Waals surface area contributed by atoms with Gasteiger partial charge in [-0.3, -0.25) is 9.78 Å². The van der Waals surface area contributed by atoms with E-state index in [9.17, 15) is 4.79 Å². The lowest BCUT2D eigenvalue weighted by Crippen LogP contribution is -2.25. The third kappa shape index (κ3) is 3.31. The van der Waals surface area contributed by atoms with Crippen LogP contribution in [-0.4, -0.2) is 32.9 Å². The van der Waals surface area contributed by atoms with Crippen LogP contribution in [0.5, 0.6) is 5.75 Å². The van der Waals surface area contributed by atoms with Gasteiger partial charge in [-0.1, -0.05) is 0 Å². The molecule has 1 aromatic carbocycles. The van der Waals surface area contributed by atoms with Crippen LogP contribution in [0.3, 0.4) is 0 Å². The molecule has 3 aromatic heterocycles. The zero-order chi connectivity index (χ0) is 20.0. The molecule has 1 saturated heterocycles. The Morgan fingerprint density at radius 3 is 2.93 bits per heavy atom. The number of pyridine rings is 2. The summed E-state index contributed by atoms with van der Waals surface area (Å²) in [7, 11) is 0. The van der Waals surface area contributed by atoms with Gasteiger partial charge in [0.25, 0.3) is 0 Å². The molecule has 0 bridgehead atoms. The lowest BCUT2D eigenvalue weighted by Gasteiger charge is -2.21. The molecule has 0 spiro atoms. The van der Waals surface area contributed by atoms with Gasteiger partial charge in [0.05, 0.1) is 11.2 Å². The highest BCUT2D eigenvalue weighted by atomic mass is 16.5. The summed E-state index contributed by atoms with van der Waals surface area (Å²) >= 11 is 0. The Morgan fingerprint density at radius 2 is 2.10 bits per heavy atom. The van der Waals surface area contributed by atoms with Crippen LogP contribution in [0.25, 0.3) is 27.7 Å². The first-order valence-corrected chi connectivity index (χ1v) is 9.85. The minimum Gasteiger partial charge on any atom is -0.490 e. The molecule has 2 atom stereocenters. The molecule has 2 unspecified atom stereocenters. The molecule has 0 aliphatic carbocycles. The second-order valence-corrected chi connectivity index (χ2v) is 7.70. The molecule has 0 saturated carbocycles. The summed E-state index contributed by atoms with van der Waals surface area (Å²) in [6, 6.07) is 12.2. The van der Waals surface area contributed by atoms with E-state index in [2.05, 4.69) is 39.7 Å². The number of amides is 1. The van der Waals surface area contributed by atoms with Gasteiger partial charge in [-0.15, -0.1) is 0 Å². The maximum atomic E-state index is 11.6. The van der Waals surface area contributed by atoms with Gasteiger partial charge in [0.2, 0.25) is 5.91 Å². The van der Waals surface area contributed by atoms with Crippen molar-refractivity contribution >= 4 is 22.5 Å². The van der Waals surface area contributed by atoms with Gasteiger partial charge < -0.3 is 14.5 Å². The van der Waals surface area contributed by atoms with Crippen LogP contribution in [0, 0.1) is 12.8 Å². The standard InChI is InChI=1S/C23H22N4O2/c1-14-12-27-13-16(5-6-22(27)26-14)17-8-20-19(4-3-7-24-20)21(9-17)29-15(2)18-10-23(28)25-11-18/h3-9,12-13,15,18H,10-11H2,1-2H3,(H,25,28). The number of hydrogen-bond donors (Lipinski definition) is 1. The number of aromatic nitrogens is 3. The third-order valence-corrected chi connectivity index (χ3v) is 5.57. The van der Waals surface area contributed by atoms with Crippen molar-refractivity contribution in [1.82, 2.24) is 19.7 Å². The molecule has 146 valence electrons. The molecule has 29 heavy (non-hydrogen) atoms. The average molecular weight is 386 g/mol. The number of rotatable bonds is 4. The Bertz CT molecular complexity index is 1230. The van der Waals surface area contributed by atoms with Gasteiger partial charge in [-0.2, -0.15) is 0 Å². The van der Waals surface area contributed by atoms with Crippen molar-refractivity contribution in [3.8, 4) is 16.9 Å². The number of fused-ring (bicyclic) bond motifs is 2. The molecule has 1 fully saturated rings. The van der Waals surface area contributed by atoms with Crippen LogP contribution in [0.1, 0.15) is 19.0 Å². The number of carbonyl (C=O) groups excluding carboxylic acids is 1. The normalized spacial score (nSPS) is 17.6. The van der Waals surface area contributed by atoms with Crippen molar-refractivity contribution in [3.63, 3.8) is 0 Å². The van der Waals surface area contributed by atoms with Gasteiger partial charge >= 0.3 is 0 Å². The first-order chi connectivity index (χ1) is 14.1. The van der Waals surface area contributed by atoms with Crippen molar-refractivity contribution in [2.24, 2.45) is 5.92 Å². The summed E-state index contributed by atoms with van der Waals surface area (Å²) in [4.78, 5) is 20.6. The monoisotopic (exact) mass is 386 g/mol. The Morgan fingerprint density at radius 1 is 1.21 bits per heavy atom. The van der Waals surface area contributed by atoms with Crippen molar-refractivity contribution < 1.29 is 9.53 Å². The Balaban J connectivity index is 1.56. The first-order valence-electron chi connectivity index (χ1n) is 9.85. The Kier molecular flexibility index (Phi) is 4.19. The van der Waals surface area contributed by atoms with Gasteiger partial charge in [0.1, 0.15) is 17.5 Å². The highest BCUT2D eigenvalue weighted by Gasteiger charge is 2.28. The zero-order valence-corrected chi connectivity index (χ0v) is 16.4. The predicted molar refractivity (Wildman–Crippen MR) is 112 cm³/mol. The van der Waals surface area contributed by atoms with Crippen LogP contribution in [0.2, 0.25) is 0 Å². The number of hydrogen-bond acceptors (Lipinski definition) is 4. The van der Waals surface area contributed by atoms with E-state index >= 15 is 0 Å². The van der Waals surface area contributed by atoms with Crippen LogP contribution in [0.15, 0.2) is 55.0 Å². The molecular weight excluding hydrogens is 364 g/mol. The van der Waals surface area contributed by atoms with E-state index < -0.39 is 0 Å². The van der Waals surface area contributed by atoms with E-state index in [0.717, 1.165) is 39.1 Å². The topological polar surface area (TPSA) is 68.5 Å².